The smallest absolute Gasteiger partial charge is 0.488 e. The molecule has 0 aromatic heterocycles. The first-order valence-corrected chi connectivity index (χ1v) is 6.83. The van der Waals surface area contributed by atoms with Crippen molar-refractivity contribution < 1.29 is 19.5 Å². The Bertz CT molecular complexity index is 604. The number of hydrogen-bond acceptors (Lipinski definition) is 4. The largest absolute Gasteiger partial charge is 0.496 e. The molecule has 2 aromatic carbocycles. The van der Waals surface area contributed by atoms with E-state index in [4.69, 9.17) is 21.1 Å². The maximum atomic E-state index is 9.21. The molecule has 2 rings (SSSR count). The Morgan fingerprint density at radius 1 is 1.05 bits per heavy atom. The van der Waals surface area contributed by atoms with Crippen LogP contribution in [0.1, 0.15) is 11.1 Å². The van der Waals surface area contributed by atoms with Crippen molar-refractivity contribution in [2.24, 2.45) is 0 Å². The number of ether oxygens (including phenoxy) is 2. The molecular weight excluding hydrogens is 290 g/mol. The monoisotopic (exact) mass is 306 g/mol. The van der Waals surface area contributed by atoms with Crippen molar-refractivity contribution in [3.63, 3.8) is 0 Å². The topological polar surface area (TPSA) is 58.9 Å². The lowest BCUT2D eigenvalue weighted by atomic mass is 9.79. The summed E-state index contributed by atoms with van der Waals surface area (Å²) in [5, 5.41) is 19.1. The fourth-order valence-electron chi connectivity index (χ4n) is 1.96. The number of halogens is 1. The van der Waals surface area contributed by atoms with E-state index in [-0.39, 0.29) is 6.61 Å². The third-order valence-electron chi connectivity index (χ3n) is 3.08. The minimum Gasteiger partial charge on any atom is -0.496 e. The zero-order valence-electron chi connectivity index (χ0n) is 11.6. The van der Waals surface area contributed by atoms with Crippen molar-refractivity contribution in [2.75, 3.05) is 7.11 Å². The van der Waals surface area contributed by atoms with E-state index in [0.29, 0.717) is 22.8 Å². The number of benzene rings is 2. The van der Waals surface area contributed by atoms with E-state index >= 15 is 0 Å². The van der Waals surface area contributed by atoms with E-state index in [9.17, 15) is 10.0 Å². The summed E-state index contributed by atoms with van der Waals surface area (Å²) in [7, 11) is 0.0420. The highest BCUT2D eigenvalue weighted by atomic mass is 35.5. The van der Waals surface area contributed by atoms with Gasteiger partial charge in [-0.15, -0.1) is 0 Å². The van der Waals surface area contributed by atoms with E-state index in [1.807, 2.05) is 24.3 Å². The molecule has 0 saturated carbocycles. The van der Waals surface area contributed by atoms with Crippen LogP contribution in [0, 0.1) is 0 Å². The molecule has 6 heteroatoms. The predicted molar refractivity (Wildman–Crippen MR) is 82.8 cm³/mol. The Morgan fingerprint density at radius 2 is 1.76 bits per heavy atom. The molecule has 0 aliphatic carbocycles. The molecule has 0 saturated heterocycles. The summed E-state index contributed by atoms with van der Waals surface area (Å²) in [5.41, 5.74) is 2.04. The molecule has 0 amide bonds. The van der Waals surface area contributed by atoms with Crippen molar-refractivity contribution in [3.8, 4) is 5.75 Å². The molecule has 0 aliphatic rings. The van der Waals surface area contributed by atoms with Crippen LogP contribution >= 0.6 is 11.6 Å². The predicted octanol–water partition coefficient (Wildman–Crippen LogP) is 1.75. The van der Waals surface area contributed by atoms with Gasteiger partial charge in [-0.05, 0) is 23.2 Å². The highest BCUT2D eigenvalue weighted by molar-refractivity contribution is 6.58. The zero-order valence-corrected chi connectivity index (χ0v) is 12.4. The van der Waals surface area contributed by atoms with Gasteiger partial charge in [-0.2, -0.15) is 0 Å². The van der Waals surface area contributed by atoms with Crippen molar-refractivity contribution in [1.29, 1.82) is 0 Å². The van der Waals surface area contributed by atoms with E-state index in [2.05, 4.69) is 0 Å². The highest BCUT2D eigenvalue weighted by Gasteiger charge is 2.14. The van der Waals surface area contributed by atoms with E-state index < -0.39 is 7.12 Å². The lowest BCUT2D eigenvalue weighted by molar-refractivity contribution is 0.105. The van der Waals surface area contributed by atoms with Gasteiger partial charge in [0.15, 0.2) is 0 Å². The molecule has 4 nitrogen and oxygen atoms in total. The molecule has 0 unspecified atom stereocenters. The molecule has 0 aliphatic heterocycles. The van der Waals surface area contributed by atoms with Gasteiger partial charge >= 0.3 is 7.12 Å². The summed E-state index contributed by atoms with van der Waals surface area (Å²) in [6, 6.07) is 12.4. The fraction of sp³-hybridized carbons (Fsp3) is 0.200. The van der Waals surface area contributed by atoms with Crippen LogP contribution in [0.2, 0.25) is 5.02 Å². The van der Waals surface area contributed by atoms with Crippen LogP contribution < -0.4 is 10.2 Å². The molecule has 2 aromatic rings. The van der Waals surface area contributed by atoms with Crippen LogP contribution in [0.25, 0.3) is 0 Å². The van der Waals surface area contributed by atoms with Crippen molar-refractivity contribution in [3.05, 3.63) is 58.6 Å². The third-order valence-corrected chi connectivity index (χ3v) is 3.44. The molecule has 0 fully saturated rings. The van der Waals surface area contributed by atoms with Crippen LogP contribution in [0.15, 0.2) is 42.5 Å². The summed E-state index contributed by atoms with van der Waals surface area (Å²) in [6.45, 7) is 0.656. The zero-order chi connectivity index (χ0) is 15.2. The highest BCUT2D eigenvalue weighted by Crippen LogP contribution is 2.20. The Balaban J connectivity index is 2.05. The van der Waals surface area contributed by atoms with E-state index in [1.54, 1.807) is 25.3 Å². The van der Waals surface area contributed by atoms with Gasteiger partial charge in [0, 0.05) is 10.6 Å². The normalized spacial score (nSPS) is 10.5. The quantitative estimate of drug-likeness (QED) is 0.798. The summed E-state index contributed by atoms with van der Waals surface area (Å²) in [5.74, 6) is 0.638. The molecule has 0 atom stereocenters. The number of methoxy groups -OCH3 is 1. The average Bonchev–Trinajstić information content (AvgIpc) is 2.49. The first kappa shape index (κ1) is 15.9. The van der Waals surface area contributed by atoms with Crippen LogP contribution in [0.3, 0.4) is 0 Å². The second-order valence-electron chi connectivity index (χ2n) is 4.53. The van der Waals surface area contributed by atoms with Crippen LogP contribution in [-0.2, 0) is 18.0 Å². The molecule has 2 N–H and O–H groups in total. The van der Waals surface area contributed by atoms with E-state index in [0.717, 1.165) is 11.1 Å². The standard InChI is InChI=1S/C15H16BClO4/c1-20-15-7-6-13(16(18)19)8-12(15)10-21-9-11-4-2-3-5-14(11)17/h2-8,18-19H,9-10H2,1H3. The van der Waals surface area contributed by atoms with Crippen molar-refractivity contribution >= 4 is 24.2 Å². The SMILES string of the molecule is COc1ccc(B(O)O)cc1COCc1ccccc1Cl. The Kier molecular flexibility index (Phi) is 5.64. The van der Waals surface area contributed by atoms with Crippen LogP contribution in [0.4, 0.5) is 0 Å². The maximum absolute atomic E-state index is 9.21. The average molecular weight is 307 g/mol. The Labute approximate surface area is 129 Å². The summed E-state index contributed by atoms with van der Waals surface area (Å²) in [6.07, 6.45) is 0. The molecule has 21 heavy (non-hydrogen) atoms. The van der Waals surface area contributed by atoms with Crippen LogP contribution in [0.5, 0.6) is 5.75 Å². The van der Waals surface area contributed by atoms with Crippen LogP contribution in [-0.4, -0.2) is 24.3 Å². The third kappa shape index (κ3) is 4.22. The molecule has 110 valence electrons. The number of rotatable bonds is 6. The molecular formula is C15H16BClO4. The van der Waals surface area contributed by atoms with Gasteiger partial charge in [-0.25, -0.2) is 0 Å². The summed E-state index contributed by atoms with van der Waals surface area (Å²) >= 11 is 6.06. The van der Waals surface area contributed by atoms with E-state index in [1.165, 1.54) is 0 Å². The van der Waals surface area contributed by atoms with Gasteiger partial charge in [0.2, 0.25) is 0 Å². The summed E-state index contributed by atoms with van der Waals surface area (Å²) in [4.78, 5) is 0. The second kappa shape index (κ2) is 7.47. The maximum Gasteiger partial charge on any atom is 0.488 e. The van der Waals surface area contributed by atoms with Crippen molar-refractivity contribution in [1.82, 2.24) is 0 Å². The van der Waals surface area contributed by atoms with Gasteiger partial charge in [-0.3, -0.25) is 0 Å². The lowest BCUT2D eigenvalue weighted by Crippen LogP contribution is -2.30. The molecule has 0 bridgehead atoms. The van der Waals surface area contributed by atoms with Gasteiger partial charge in [0.05, 0.1) is 20.3 Å². The Hall–Kier alpha value is -1.53. The molecule has 0 spiro atoms. The summed E-state index contributed by atoms with van der Waals surface area (Å²) < 4.78 is 10.9. The lowest BCUT2D eigenvalue weighted by Gasteiger charge is -2.11. The van der Waals surface area contributed by atoms with Gasteiger partial charge in [0.1, 0.15) is 5.75 Å². The molecule has 0 radical (unpaired) electrons. The van der Waals surface area contributed by atoms with Gasteiger partial charge < -0.3 is 19.5 Å². The van der Waals surface area contributed by atoms with Gasteiger partial charge in [0.25, 0.3) is 0 Å². The Morgan fingerprint density at radius 3 is 2.43 bits per heavy atom. The minimum absolute atomic E-state index is 0.287. The first-order chi connectivity index (χ1) is 10.1. The van der Waals surface area contributed by atoms with Gasteiger partial charge in [-0.1, -0.05) is 41.9 Å². The second-order valence-corrected chi connectivity index (χ2v) is 4.94. The fourth-order valence-corrected chi connectivity index (χ4v) is 2.15. The van der Waals surface area contributed by atoms with Crippen molar-refractivity contribution in [2.45, 2.75) is 13.2 Å². The molecule has 0 heterocycles. The number of hydrogen-bond donors (Lipinski definition) is 2. The minimum atomic E-state index is -1.52. The first-order valence-electron chi connectivity index (χ1n) is 6.46.